The Labute approximate surface area is 150 Å². The molecule has 140 valence electrons. The Kier molecular flexibility index (Phi) is 5.65. The normalized spacial score (nSPS) is 11.8. The van der Waals surface area contributed by atoms with Gasteiger partial charge in [-0.15, -0.1) is 0 Å². The molecule has 0 bridgehead atoms. The Morgan fingerprint density at radius 3 is 1.69 bits per heavy atom. The van der Waals surface area contributed by atoms with Crippen LogP contribution in [0.1, 0.15) is 11.1 Å². The van der Waals surface area contributed by atoms with Crippen LogP contribution >= 0.6 is 12.2 Å². The summed E-state index contributed by atoms with van der Waals surface area (Å²) in [5, 5.41) is 4.83. The van der Waals surface area contributed by atoms with Crippen molar-refractivity contribution < 1.29 is 31.1 Å². The van der Waals surface area contributed by atoms with E-state index in [9.17, 15) is 26.3 Å². The van der Waals surface area contributed by atoms with E-state index in [2.05, 4.69) is 10.6 Å². The first-order valence-corrected chi connectivity index (χ1v) is 7.41. The minimum absolute atomic E-state index is 0.0468. The van der Waals surface area contributed by atoms with E-state index >= 15 is 0 Å². The van der Waals surface area contributed by atoms with E-state index in [1.807, 2.05) is 0 Å². The van der Waals surface area contributed by atoms with Crippen LogP contribution < -0.4 is 15.4 Å². The second-order valence-corrected chi connectivity index (χ2v) is 5.51. The molecule has 0 aliphatic rings. The third-order valence-electron chi connectivity index (χ3n) is 3.19. The summed E-state index contributed by atoms with van der Waals surface area (Å²) in [7, 11) is 1.47. The van der Waals surface area contributed by atoms with Crippen LogP contribution in [0.2, 0.25) is 0 Å². The molecule has 0 saturated heterocycles. The molecular weight excluding hydrogens is 382 g/mol. The monoisotopic (exact) mass is 394 g/mol. The highest BCUT2D eigenvalue weighted by Crippen LogP contribution is 2.37. The molecule has 2 aromatic carbocycles. The van der Waals surface area contributed by atoms with Crippen molar-refractivity contribution in [3.63, 3.8) is 0 Å². The summed E-state index contributed by atoms with van der Waals surface area (Å²) in [5.41, 5.74) is -2.81. The van der Waals surface area contributed by atoms with Crippen molar-refractivity contribution >= 4 is 28.7 Å². The van der Waals surface area contributed by atoms with E-state index in [-0.39, 0.29) is 11.2 Å². The molecule has 0 aromatic heterocycles. The zero-order chi connectivity index (χ0) is 19.5. The number of methoxy groups -OCH3 is 1. The third-order valence-corrected chi connectivity index (χ3v) is 3.40. The Morgan fingerprint density at radius 1 is 0.808 bits per heavy atom. The van der Waals surface area contributed by atoms with E-state index in [4.69, 9.17) is 17.0 Å². The van der Waals surface area contributed by atoms with Crippen LogP contribution in [-0.2, 0) is 12.4 Å². The van der Waals surface area contributed by atoms with Crippen LogP contribution in [0.5, 0.6) is 5.75 Å². The van der Waals surface area contributed by atoms with Gasteiger partial charge >= 0.3 is 12.4 Å². The molecule has 0 atom stereocenters. The van der Waals surface area contributed by atoms with E-state index in [0.29, 0.717) is 23.6 Å². The number of benzene rings is 2. The lowest BCUT2D eigenvalue weighted by Gasteiger charge is -2.16. The number of anilines is 2. The minimum atomic E-state index is -4.93. The average Bonchev–Trinajstić information content (AvgIpc) is 2.53. The van der Waals surface area contributed by atoms with Crippen molar-refractivity contribution in [2.24, 2.45) is 0 Å². The van der Waals surface area contributed by atoms with Crippen LogP contribution in [0.25, 0.3) is 0 Å². The van der Waals surface area contributed by atoms with Crippen molar-refractivity contribution in [3.05, 3.63) is 53.6 Å². The van der Waals surface area contributed by atoms with Crippen LogP contribution in [0.4, 0.5) is 37.7 Å². The summed E-state index contributed by atoms with van der Waals surface area (Å²) in [6.07, 6.45) is -9.86. The van der Waals surface area contributed by atoms with Gasteiger partial charge in [0.05, 0.1) is 18.2 Å². The molecule has 0 fully saturated rings. The summed E-state index contributed by atoms with van der Waals surface area (Å²) in [6, 6.07) is 7.54. The number of halogens is 6. The van der Waals surface area contributed by atoms with Crippen LogP contribution in [0, 0.1) is 0 Å². The van der Waals surface area contributed by atoms with Gasteiger partial charge < -0.3 is 15.4 Å². The SMILES string of the molecule is COc1ccc(NC(=S)Nc2cc(C(F)(F)F)cc(C(F)(F)F)c2)cc1. The molecule has 10 heteroatoms. The quantitative estimate of drug-likeness (QED) is 0.529. The van der Waals surface area contributed by atoms with E-state index in [1.54, 1.807) is 24.3 Å². The zero-order valence-corrected chi connectivity index (χ0v) is 13.9. The standard InChI is InChI=1S/C16H12F6N2OS/c1-25-13-4-2-11(3-5-13)23-14(26)24-12-7-9(15(17,18)19)6-10(8-12)16(20,21)22/h2-8H,1H3,(H2,23,24,26). The van der Waals surface area contributed by atoms with Crippen molar-refractivity contribution in [2.45, 2.75) is 12.4 Å². The predicted molar refractivity (Wildman–Crippen MR) is 89.3 cm³/mol. The van der Waals surface area contributed by atoms with Crippen LogP contribution in [-0.4, -0.2) is 12.2 Å². The second-order valence-electron chi connectivity index (χ2n) is 5.10. The molecule has 0 unspecified atom stereocenters. The number of ether oxygens (including phenoxy) is 1. The van der Waals surface area contributed by atoms with Crippen molar-refractivity contribution in [1.82, 2.24) is 0 Å². The average molecular weight is 394 g/mol. The minimum Gasteiger partial charge on any atom is -0.497 e. The molecule has 0 heterocycles. The summed E-state index contributed by atoms with van der Waals surface area (Å²) in [5.74, 6) is 0.571. The Hall–Kier alpha value is -2.49. The molecule has 0 amide bonds. The molecule has 26 heavy (non-hydrogen) atoms. The van der Waals surface area contributed by atoms with Crippen LogP contribution in [0.3, 0.4) is 0 Å². The van der Waals surface area contributed by atoms with Gasteiger partial charge in [0.1, 0.15) is 5.75 Å². The Bertz CT molecular complexity index is 755. The second kappa shape index (κ2) is 7.40. The fourth-order valence-electron chi connectivity index (χ4n) is 1.99. The fourth-order valence-corrected chi connectivity index (χ4v) is 2.23. The summed E-state index contributed by atoms with van der Waals surface area (Å²) in [4.78, 5) is 0. The maximum atomic E-state index is 12.8. The third kappa shape index (κ3) is 5.25. The first-order valence-electron chi connectivity index (χ1n) is 7.00. The number of hydrogen-bond donors (Lipinski definition) is 2. The highest BCUT2D eigenvalue weighted by atomic mass is 32.1. The molecule has 2 rings (SSSR count). The highest BCUT2D eigenvalue weighted by molar-refractivity contribution is 7.80. The number of nitrogens with one attached hydrogen (secondary N) is 2. The molecule has 2 aromatic rings. The topological polar surface area (TPSA) is 33.3 Å². The maximum Gasteiger partial charge on any atom is 0.416 e. The molecule has 0 radical (unpaired) electrons. The van der Waals surface area contributed by atoms with Gasteiger partial charge in [0, 0.05) is 11.4 Å². The van der Waals surface area contributed by atoms with Gasteiger partial charge in [0.25, 0.3) is 0 Å². The van der Waals surface area contributed by atoms with Gasteiger partial charge in [0.2, 0.25) is 0 Å². The van der Waals surface area contributed by atoms with Crippen molar-refractivity contribution in [3.8, 4) is 5.75 Å². The maximum absolute atomic E-state index is 12.8. The number of rotatable bonds is 3. The Balaban J connectivity index is 2.22. The van der Waals surface area contributed by atoms with Gasteiger partial charge in [0.15, 0.2) is 5.11 Å². The predicted octanol–water partition coefficient (Wildman–Crippen LogP) is 5.54. The van der Waals surface area contributed by atoms with Gasteiger partial charge in [-0.25, -0.2) is 0 Å². The lowest BCUT2D eigenvalue weighted by Crippen LogP contribution is -2.20. The number of thiocarbonyl (C=S) groups is 1. The van der Waals surface area contributed by atoms with Gasteiger partial charge in [-0.2, -0.15) is 26.3 Å². The summed E-state index contributed by atoms with van der Waals surface area (Å²) in [6.45, 7) is 0. The van der Waals surface area contributed by atoms with E-state index in [1.165, 1.54) is 7.11 Å². The largest absolute Gasteiger partial charge is 0.497 e. The molecule has 0 spiro atoms. The molecule has 0 aliphatic carbocycles. The summed E-state index contributed by atoms with van der Waals surface area (Å²) >= 11 is 4.94. The van der Waals surface area contributed by atoms with Gasteiger partial charge in [-0.1, -0.05) is 0 Å². The molecule has 0 saturated carbocycles. The lowest BCUT2D eigenvalue weighted by molar-refractivity contribution is -0.143. The first kappa shape index (κ1) is 19.8. The van der Waals surface area contributed by atoms with Crippen LogP contribution in [0.15, 0.2) is 42.5 Å². The molecule has 2 N–H and O–H groups in total. The molecule has 3 nitrogen and oxygen atoms in total. The number of hydrogen-bond acceptors (Lipinski definition) is 2. The number of alkyl halides is 6. The highest BCUT2D eigenvalue weighted by Gasteiger charge is 2.37. The summed E-state index contributed by atoms with van der Waals surface area (Å²) < 4.78 is 82.0. The smallest absolute Gasteiger partial charge is 0.416 e. The lowest BCUT2D eigenvalue weighted by atomic mass is 10.1. The van der Waals surface area contributed by atoms with E-state index in [0.717, 1.165) is 0 Å². The van der Waals surface area contributed by atoms with Gasteiger partial charge in [-0.3, -0.25) is 0 Å². The van der Waals surface area contributed by atoms with E-state index < -0.39 is 29.2 Å². The van der Waals surface area contributed by atoms with Crippen molar-refractivity contribution in [2.75, 3.05) is 17.7 Å². The molecular formula is C16H12F6N2OS. The zero-order valence-electron chi connectivity index (χ0n) is 13.1. The molecule has 0 aliphatic heterocycles. The van der Waals surface area contributed by atoms with Crippen molar-refractivity contribution in [1.29, 1.82) is 0 Å². The Morgan fingerprint density at radius 2 is 1.27 bits per heavy atom. The first-order chi connectivity index (χ1) is 12.0. The fraction of sp³-hybridized carbons (Fsp3) is 0.188. The van der Waals surface area contributed by atoms with Gasteiger partial charge in [-0.05, 0) is 54.7 Å².